The Hall–Kier alpha value is -1.12. The summed E-state index contributed by atoms with van der Waals surface area (Å²) < 4.78 is 7.71. The predicted molar refractivity (Wildman–Crippen MR) is 58.3 cm³/mol. The number of nitrogens with zero attached hydrogens (tertiary/aromatic N) is 3. The summed E-state index contributed by atoms with van der Waals surface area (Å²) in [7, 11) is 0. The lowest BCUT2D eigenvalue weighted by Gasteiger charge is -1.97. The van der Waals surface area contributed by atoms with E-state index in [-0.39, 0.29) is 16.5 Å². The summed E-state index contributed by atoms with van der Waals surface area (Å²) in [5, 5.41) is 1.13. The van der Waals surface area contributed by atoms with Gasteiger partial charge < -0.3 is 10.7 Å². The third kappa shape index (κ3) is 2.46. The number of rotatable bonds is 2. The lowest BCUT2D eigenvalue weighted by molar-refractivity contribution is 0.943. The van der Waals surface area contributed by atoms with Crippen LogP contribution in [0.1, 0.15) is 0 Å². The topological polar surface area (TPSA) is 97.6 Å². The smallest absolute Gasteiger partial charge is 0.253 e. The van der Waals surface area contributed by atoms with Gasteiger partial charge in [-0.15, -0.1) is 0 Å². The Morgan fingerprint density at radius 2 is 2.33 bits per heavy atom. The average molecular weight is 262 g/mol. The van der Waals surface area contributed by atoms with E-state index in [9.17, 15) is 4.79 Å². The van der Waals surface area contributed by atoms with Crippen molar-refractivity contribution in [3.63, 3.8) is 0 Å². The molecule has 0 atom stereocenters. The van der Waals surface area contributed by atoms with Crippen molar-refractivity contribution in [2.24, 2.45) is 0 Å². The Bertz CT molecular complexity index is 538. The highest BCUT2D eigenvalue weighted by atomic mass is 35.5. The van der Waals surface area contributed by atoms with Crippen molar-refractivity contribution in [1.82, 2.24) is 18.7 Å². The van der Waals surface area contributed by atoms with Crippen LogP contribution in [0.25, 0.3) is 0 Å². The fraction of sp³-hybridized carbons (Fsp3) is 0. The highest BCUT2D eigenvalue weighted by molar-refractivity contribution is 7.99. The molecule has 0 unspecified atom stereocenters. The minimum Gasteiger partial charge on any atom is -0.383 e. The molecule has 0 aliphatic heterocycles. The molecule has 0 aliphatic carbocycles. The Morgan fingerprint density at radius 1 is 1.53 bits per heavy atom. The SMILES string of the molecule is Nc1cc(=O)[nH]c(Sc2nsnc2Cl)n1. The van der Waals surface area contributed by atoms with Gasteiger partial charge in [-0.25, -0.2) is 4.98 Å². The van der Waals surface area contributed by atoms with Gasteiger partial charge >= 0.3 is 0 Å². The van der Waals surface area contributed by atoms with Gasteiger partial charge in [0, 0.05) is 6.07 Å². The zero-order chi connectivity index (χ0) is 10.8. The van der Waals surface area contributed by atoms with Crippen LogP contribution in [0.3, 0.4) is 0 Å². The minimum atomic E-state index is -0.315. The maximum atomic E-state index is 11.1. The average Bonchev–Trinajstić information content (AvgIpc) is 2.50. The molecule has 6 nitrogen and oxygen atoms in total. The van der Waals surface area contributed by atoms with Gasteiger partial charge in [0.1, 0.15) is 5.82 Å². The quantitative estimate of drug-likeness (QED) is 0.783. The van der Waals surface area contributed by atoms with E-state index in [1.807, 2.05) is 0 Å². The second kappa shape index (κ2) is 4.17. The first kappa shape index (κ1) is 10.4. The van der Waals surface area contributed by atoms with Crippen molar-refractivity contribution < 1.29 is 0 Å². The molecular formula is C6H4ClN5OS2. The van der Waals surface area contributed by atoms with Crippen molar-refractivity contribution in [3.8, 4) is 0 Å². The fourth-order valence-electron chi connectivity index (χ4n) is 0.824. The van der Waals surface area contributed by atoms with Gasteiger partial charge in [0.2, 0.25) is 0 Å². The van der Waals surface area contributed by atoms with Crippen molar-refractivity contribution in [3.05, 3.63) is 21.6 Å². The van der Waals surface area contributed by atoms with Gasteiger partial charge in [0.25, 0.3) is 5.56 Å². The van der Waals surface area contributed by atoms with Crippen LogP contribution in [0, 0.1) is 0 Å². The highest BCUT2D eigenvalue weighted by Gasteiger charge is 2.09. The van der Waals surface area contributed by atoms with Crippen LogP contribution in [0.15, 0.2) is 21.0 Å². The molecule has 9 heteroatoms. The summed E-state index contributed by atoms with van der Waals surface area (Å²) in [5.41, 5.74) is 5.10. The summed E-state index contributed by atoms with van der Waals surface area (Å²) in [6.07, 6.45) is 0. The second-order valence-electron chi connectivity index (χ2n) is 2.44. The highest BCUT2D eigenvalue weighted by Crippen LogP contribution is 2.28. The number of anilines is 1. The molecule has 0 amide bonds. The molecule has 0 bridgehead atoms. The Balaban J connectivity index is 2.32. The molecule has 0 fully saturated rings. The number of halogens is 1. The summed E-state index contributed by atoms with van der Waals surface area (Å²) in [6, 6.07) is 1.20. The van der Waals surface area contributed by atoms with E-state index in [2.05, 4.69) is 18.7 Å². The molecule has 0 spiro atoms. The minimum absolute atomic E-state index is 0.153. The van der Waals surface area contributed by atoms with Gasteiger partial charge in [-0.1, -0.05) is 11.6 Å². The Labute approximate surface area is 97.2 Å². The summed E-state index contributed by atoms with van der Waals surface area (Å²) in [5.74, 6) is 0.153. The molecule has 78 valence electrons. The first-order valence-corrected chi connectivity index (χ1v) is 5.60. The number of H-pyrrole nitrogens is 1. The largest absolute Gasteiger partial charge is 0.383 e. The third-order valence-electron chi connectivity index (χ3n) is 1.35. The van der Waals surface area contributed by atoms with Crippen LogP contribution in [-0.4, -0.2) is 18.7 Å². The second-order valence-corrected chi connectivity index (χ2v) is 4.30. The van der Waals surface area contributed by atoms with E-state index in [1.165, 1.54) is 6.07 Å². The van der Waals surface area contributed by atoms with Gasteiger partial charge in [-0.3, -0.25) is 4.79 Å². The first-order valence-electron chi connectivity index (χ1n) is 3.68. The molecule has 0 aliphatic rings. The van der Waals surface area contributed by atoms with E-state index in [0.717, 1.165) is 23.5 Å². The number of hydrogen-bond donors (Lipinski definition) is 2. The molecule has 0 saturated heterocycles. The lowest BCUT2D eigenvalue weighted by atomic mass is 10.6. The summed E-state index contributed by atoms with van der Waals surface area (Å²) in [4.78, 5) is 17.5. The van der Waals surface area contributed by atoms with Crippen LogP contribution in [-0.2, 0) is 0 Å². The van der Waals surface area contributed by atoms with E-state index in [4.69, 9.17) is 17.3 Å². The molecule has 2 heterocycles. The van der Waals surface area contributed by atoms with E-state index in [1.54, 1.807) is 0 Å². The van der Waals surface area contributed by atoms with Gasteiger partial charge in [-0.05, 0) is 11.8 Å². The van der Waals surface area contributed by atoms with Crippen molar-refractivity contribution in [1.29, 1.82) is 0 Å². The van der Waals surface area contributed by atoms with Crippen LogP contribution in [0.5, 0.6) is 0 Å². The van der Waals surface area contributed by atoms with Gasteiger partial charge in [0.05, 0.1) is 11.7 Å². The number of aromatic amines is 1. The van der Waals surface area contributed by atoms with E-state index in [0.29, 0.717) is 10.2 Å². The molecule has 2 rings (SSSR count). The molecule has 3 N–H and O–H groups in total. The molecule has 0 aromatic carbocycles. The van der Waals surface area contributed by atoms with Crippen molar-refractivity contribution in [2.45, 2.75) is 10.2 Å². The molecule has 0 saturated carbocycles. The van der Waals surface area contributed by atoms with Crippen LogP contribution >= 0.6 is 35.1 Å². The van der Waals surface area contributed by atoms with Gasteiger partial charge in [0.15, 0.2) is 15.3 Å². The number of nitrogens with two attached hydrogens (primary N) is 1. The summed E-state index contributed by atoms with van der Waals surface area (Å²) >= 11 is 7.83. The molecule has 0 radical (unpaired) electrons. The maximum Gasteiger partial charge on any atom is 0.253 e. The predicted octanol–water partition coefficient (Wildman–Crippen LogP) is 1.01. The Kier molecular flexibility index (Phi) is 2.89. The number of hydrogen-bond acceptors (Lipinski definition) is 7. The lowest BCUT2D eigenvalue weighted by Crippen LogP contribution is -2.09. The maximum absolute atomic E-state index is 11.1. The van der Waals surface area contributed by atoms with Gasteiger partial charge in [-0.2, -0.15) is 8.75 Å². The normalized spacial score (nSPS) is 10.5. The molecular weight excluding hydrogens is 258 g/mol. The number of aromatic nitrogens is 4. The molecule has 2 aromatic heterocycles. The number of nitrogens with one attached hydrogen (secondary N) is 1. The van der Waals surface area contributed by atoms with E-state index < -0.39 is 0 Å². The number of nitrogen functional groups attached to an aromatic ring is 1. The van der Waals surface area contributed by atoms with Crippen molar-refractivity contribution >= 4 is 40.9 Å². The van der Waals surface area contributed by atoms with E-state index >= 15 is 0 Å². The molecule has 15 heavy (non-hydrogen) atoms. The monoisotopic (exact) mass is 261 g/mol. The molecule has 2 aromatic rings. The van der Waals surface area contributed by atoms with Crippen LogP contribution < -0.4 is 11.3 Å². The zero-order valence-corrected chi connectivity index (χ0v) is 9.49. The van der Waals surface area contributed by atoms with Crippen molar-refractivity contribution in [2.75, 3.05) is 5.73 Å². The fourth-order valence-corrected chi connectivity index (χ4v) is 2.41. The van der Waals surface area contributed by atoms with Crippen LogP contribution in [0.2, 0.25) is 5.15 Å². The van der Waals surface area contributed by atoms with Crippen LogP contribution in [0.4, 0.5) is 5.82 Å². The Morgan fingerprint density at radius 3 is 2.93 bits per heavy atom. The third-order valence-corrected chi connectivity index (χ3v) is 3.34. The first-order chi connectivity index (χ1) is 7.15. The standard InChI is InChI=1S/C6H4ClN5OS2/c7-4-5(12-15-11-4)14-6-9-2(8)1-3(13)10-6/h1H,(H3,8,9,10,13). The zero-order valence-electron chi connectivity index (χ0n) is 7.10. The summed E-state index contributed by atoms with van der Waals surface area (Å²) in [6.45, 7) is 0.